The third-order valence-electron chi connectivity index (χ3n) is 4.91. The monoisotopic (exact) mass is 277 g/mol. The van der Waals surface area contributed by atoms with E-state index in [4.69, 9.17) is 0 Å². The molecular formula is C14H23N5O. The van der Waals surface area contributed by atoms with E-state index in [0.29, 0.717) is 5.82 Å². The third-order valence-corrected chi connectivity index (χ3v) is 4.91. The summed E-state index contributed by atoms with van der Waals surface area (Å²) < 4.78 is 0. The molecule has 0 bridgehead atoms. The number of hydrogen-bond donors (Lipinski definition) is 1. The Morgan fingerprint density at radius 3 is 2.65 bits per heavy atom. The number of likely N-dealkylation sites (N-methyl/N-ethyl adjacent to an activating group) is 1. The lowest BCUT2D eigenvalue weighted by Gasteiger charge is -2.52. The Hall–Kier alpha value is -1.40. The number of aromatic nitrogens is 2. The normalized spacial score (nSPS) is 24.2. The topological polar surface area (TPSA) is 55.5 Å². The van der Waals surface area contributed by atoms with Crippen molar-refractivity contribution < 1.29 is 4.79 Å². The van der Waals surface area contributed by atoms with Crippen LogP contribution in [-0.4, -0.2) is 82.9 Å². The van der Waals surface area contributed by atoms with Gasteiger partial charge in [0, 0.05) is 37.6 Å². The summed E-state index contributed by atoms with van der Waals surface area (Å²) in [5, 5.41) is 0. The summed E-state index contributed by atoms with van der Waals surface area (Å²) in [6, 6.07) is 0. The molecule has 6 heteroatoms. The van der Waals surface area contributed by atoms with Crippen molar-refractivity contribution in [1.29, 1.82) is 0 Å². The maximum Gasteiger partial charge on any atom is 0.289 e. The van der Waals surface area contributed by atoms with E-state index in [0.717, 1.165) is 45.6 Å². The standard InChI is InChI=1S/C14H23N5O/c1-17-7-3-14(4-8-17)11-19(10-9-18(14)2)13(20)12-15-5-6-16-12/h5-6H,3-4,7-11H2,1-2H3,(H,15,16). The highest BCUT2D eigenvalue weighted by Gasteiger charge is 2.43. The van der Waals surface area contributed by atoms with Crippen LogP contribution in [0.1, 0.15) is 23.5 Å². The number of H-pyrrole nitrogens is 1. The Kier molecular flexibility index (Phi) is 3.52. The largest absolute Gasteiger partial charge is 0.341 e. The second-order valence-corrected chi connectivity index (χ2v) is 6.11. The van der Waals surface area contributed by atoms with Gasteiger partial charge in [-0.05, 0) is 40.0 Å². The maximum atomic E-state index is 12.5. The fourth-order valence-electron chi connectivity index (χ4n) is 3.34. The van der Waals surface area contributed by atoms with E-state index in [1.165, 1.54) is 0 Å². The maximum absolute atomic E-state index is 12.5. The molecule has 2 aliphatic rings. The second kappa shape index (κ2) is 5.18. The SMILES string of the molecule is CN1CCC2(CC1)CN(C(=O)c1ncc[nH]1)CCN2C. The van der Waals surface area contributed by atoms with Crippen LogP contribution in [0, 0.1) is 0 Å². The van der Waals surface area contributed by atoms with Crippen LogP contribution >= 0.6 is 0 Å². The number of rotatable bonds is 1. The lowest BCUT2D eigenvalue weighted by atomic mass is 9.84. The zero-order valence-corrected chi connectivity index (χ0v) is 12.3. The minimum Gasteiger partial charge on any atom is -0.341 e. The van der Waals surface area contributed by atoms with Gasteiger partial charge in [-0.15, -0.1) is 0 Å². The Morgan fingerprint density at radius 1 is 1.25 bits per heavy atom. The van der Waals surface area contributed by atoms with Gasteiger partial charge in [0.05, 0.1) is 0 Å². The van der Waals surface area contributed by atoms with Crippen molar-refractivity contribution in [3.63, 3.8) is 0 Å². The number of hydrogen-bond acceptors (Lipinski definition) is 4. The number of nitrogens with zero attached hydrogens (tertiary/aromatic N) is 4. The zero-order valence-electron chi connectivity index (χ0n) is 12.3. The Labute approximate surface area is 119 Å². The highest BCUT2D eigenvalue weighted by molar-refractivity contribution is 5.90. The summed E-state index contributed by atoms with van der Waals surface area (Å²) in [6.07, 6.45) is 5.59. The van der Waals surface area contributed by atoms with Crippen LogP contribution in [0.25, 0.3) is 0 Å². The molecule has 1 aromatic rings. The summed E-state index contributed by atoms with van der Waals surface area (Å²) in [7, 11) is 4.36. The first-order chi connectivity index (χ1) is 9.61. The molecule has 0 radical (unpaired) electrons. The first-order valence-corrected chi connectivity index (χ1v) is 7.29. The van der Waals surface area contributed by atoms with E-state index >= 15 is 0 Å². The Balaban J connectivity index is 1.74. The molecule has 20 heavy (non-hydrogen) atoms. The van der Waals surface area contributed by atoms with Crippen LogP contribution in [0.5, 0.6) is 0 Å². The molecule has 0 aromatic carbocycles. The number of piperazine rings is 1. The number of carbonyl (C=O) groups excluding carboxylic acids is 1. The molecule has 2 aliphatic heterocycles. The average molecular weight is 277 g/mol. The third kappa shape index (κ3) is 2.33. The Bertz CT molecular complexity index is 464. The lowest BCUT2D eigenvalue weighted by Crippen LogP contribution is -2.65. The molecule has 0 aliphatic carbocycles. The minimum atomic E-state index is 0.0291. The number of amides is 1. The van der Waals surface area contributed by atoms with Crippen LogP contribution < -0.4 is 0 Å². The second-order valence-electron chi connectivity index (χ2n) is 6.11. The van der Waals surface area contributed by atoms with Crippen molar-refractivity contribution in [3.8, 4) is 0 Å². The quantitative estimate of drug-likeness (QED) is 0.800. The molecule has 1 aromatic heterocycles. The molecule has 110 valence electrons. The zero-order chi connectivity index (χ0) is 14.2. The molecule has 1 amide bonds. The molecule has 3 rings (SSSR count). The van der Waals surface area contributed by atoms with Crippen molar-refractivity contribution in [2.75, 3.05) is 46.8 Å². The molecule has 2 fully saturated rings. The molecule has 1 spiro atoms. The van der Waals surface area contributed by atoms with Crippen molar-refractivity contribution in [3.05, 3.63) is 18.2 Å². The number of nitrogens with one attached hydrogen (secondary N) is 1. The number of aromatic amines is 1. The van der Waals surface area contributed by atoms with Gasteiger partial charge in [0.1, 0.15) is 0 Å². The van der Waals surface area contributed by atoms with Crippen LogP contribution in [0.4, 0.5) is 0 Å². The minimum absolute atomic E-state index is 0.0291. The number of piperidine rings is 1. The molecule has 0 unspecified atom stereocenters. The molecule has 0 atom stereocenters. The number of imidazole rings is 1. The first-order valence-electron chi connectivity index (χ1n) is 7.29. The van der Waals surface area contributed by atoms with Crippen molar-refractivity contribution in [2.45, 2.75) is 18.4 Å². The van der Waals surface area contributed by atoms with E-state index < -0.39 is 0 Å². The van der Waals surface area contributed by atoms with Gasteiger partial charge in [-0.3, -0.25) is 9.69 Å². The predicted molar refractivity (Wildman–Crippen MR) is 76.6 cm³/mol. The van der Waals surface area contributed by atoms with E-state index in [9.17, 15) is 4.79 Å². The fraction of sp³-hybridized carbons (Fsp3) is 0.714. The van der Waals surface area contributed by atoms with Crippen LogP contribution in [0.2, 0.25) is 0 Å². The summed E-state index contributed by atoms with van der Waals surface area (Å²) in [4.78, 5) is 26.2. The van der Waals surface area contributed by atoms with Gasteiger partial charge in [-0.1, -0.05) is 0 Å². The van der Waals surface area contributed by atoms with Gasteiger partial charge in [0.15, 0.2) is 5.82 Å². The van der Waals surface area contributed by atoms with Gasteiger partial charge in [-0.25, -0.2) is 4.98 Å². The van der Waals surface area contributed by atoms with E-state index in [1.807, 2.05) is 4.90 Å². The van der Waals surface area contributed by atoms with Crippen LogP contribution in [0.15, 0.2) is 12.4 Å². The molecule has 0 saturated carbocycles. The molecule has 2 saturated heterocycles. The number of carbonyl (C=O) groups is 1. The smallest absolute Gasteiger partial charge is 0.289 e. The highest BCUT2D eigenvalue weighted by Crippen LogP contribution is 2.31. The van der Waals surface area contributed by atoms with E-state index in [2.05, 4.69) is 33.9 Å². The van der Waals surface area contributed by atoms with E-state index in [1.54, 1.807) is 12.4 Å². The van der Waals surface area contributed by atoms with Gasteiger partial charge in [0.25, 0.3) is 5.91 Å². The van der Waals surface area contributed by atoms with Crippen LogP contribution in [-0.2, 0) is 0 Å². The average Bonchev–Trinajstić information content (AvgIpc) is 2.98. The Morgan fingerprint density at radius 2 is 2.00 bits per heavy atom. The van der Waals surface area contributed by atoms with E-state index in [-0.39, 0.29) is 11.4 Å². The predicted octanol–water partition coefficient (Wildman–Crippen LogP) is 0.262. The van der Waals surface area contributed by atoms with Crippen molar-refractivity contribution >= 4 is 5.91 Å². The number of likely N-dealkylation sites (tertiary alicyclic amines) is 1. The molecule has 1 N–H and O–H groups in total. The van der Waals surface area contributed by atoms with Gasteiger partial charge < -0.3 is 14.8 Å². The van der Waals surface area contributed by atoms with Crippen molar-refractivity contribution in [2.24, 2.45) is 0 Å². The summed E-state index contributed by atoms with van der Waals surface area (Å²) >= 11 is 0. The lowest BCUT2D eigenvalue weighted by molar-refractivity contribution is -0.0174. The van der Waals surface area contributed by atoms with Crippen LogP contribution in [0.3, 0.4) is 0 Å². The summed E-state index contributed by atoms with van der Waals surface area (Å²) in [5.74, 6) is 0.485. The fourth-order valence-corrected chi connectivity index (χ4v) is 3.34. The molecular weight excluding hydrogens is 254 g/mol. The van der Waals surface area contributed by atoms with Gasteiger partial charge in [0.2, 0.25) is 0 Å². The summed E-state index contributed by atoms with van der Waals surface area (Å²) in [6.45, 7) is 4.75. The molecule has 3 heterocycles. The van der Waals surface area contributed by atoms with Gasteiger partial charge >= 0.3 is 0 Å². The first kappa shape index (κ1) is 13.6. The molecule has 6 nitrogen and oxygen atoms in total. The van der Waals surface area contributed by atoms with Crippen molar-refractivity contribution in [1.82, 2.24) is 24.7 Å². The highest BCUT2D eigenvalue weighted by atomic mass is 16.2. The van der Waals surface area contributed by atoms with Gasteiger partial charge in [-0.2, -0.15) is 0 Å². The summed E-state index contributed by atoms with van der Waals surface area (Å²) in [5.41, 5.74) is 0.146.